The van der Waals surface area contributed by atoms with Gasteiger partial charge in [0.1, 0.15) is 11.2 Å². The van der Waals surface area contributed by atoms with Crippen molar-refractivity contribution in [3.63, 3.8) is 0 Å². The molecule has 1 saturated carbocycles. The van der Waals surface area contributed by atoms with Gasteiger partial charge in [0.2, 0.25) is 5.43 Å². The zero-order valence-corrected chi connectivity index (χ0v) is 9.88. The minimum Gasteiger partial charge on any atom is -0.477 e. The van der Waals surface area contributed by atoms with Gasteiger partial charge in [0, 0.05) is 18.4 Å². The Labute approximate surface area is 103 Å². The summed E-state index contributed by atoms with van der Waals surface area (Å²) in [4.78, 5) is 27.5. The molecule has 0 amide bonds. The molecule has 0 unspecified atom stereocenters. The third-order valence-electron chi connectivity index (χ3n) is 3.18. The van der Waals surface area contributed by atoms with Gasteiger partial charge in [-0.3, -0.25) is 4.79 Å². The number of carbonyl (C=O) groups is 1. The Morgan fingerprint density at radius 2 is 2.22 bits per heavy atom. The molecule has 92 valence electrons. The quantitative estimate of drug-likeness (QED) is 0.873. The van der Waals surface area contributed by atoms with Gasteiger partial charge in [-0.15, -0.1) is 0 Å². The number of aryl methyl sites for hydroxylation is 1. The molecule has 2 aromatic rings. The maximum absolute atomic E-state index is 12.1. The molecule has 1 aliphatic rings. The second-order valence-corrected chi connectivity index (χ2v) is 4.70. The smallest absolute Gasteiger partial charge is 0.341 e. The Balaban J connectivity index is 2.43. The average molecular weight is 244 g/mol. The van der Waals surface area contributed by atoms with Crippen LogP contribution in [0.1, 0.15) is 34.8 Å². The average Bonchev–Trinajstić information content (AvgIpc) is 3.14. The van der Waals surface area contributed by atoms with Gasteiger partial charge in [0.15, 0.2) is 0 Å². The summed E-state index contributed by atoms with van der Waals surface area (Å²) in [6, 6.07) is 1.98. The molecule has 0 bridgehead atoms. The highest BCUT2D eigenvalue weighted by Gasteiger charge is 2.27. The van der Waals surface area contributed by atoms with Gasteiger partial charge in [0.05, 0.1) is 5.39 Å². The van der Waals surface area contributed by atoms with Crippen LogP contribution in [0.2, 0.25) is 0 Å². The Bertz CT molecular complexity index is 714. The summed E-state index contributed by atoms with van der Waals surface area (Å²) in [5.41, 5.74) is 0.801. The predicted octanol–water partition coefficient (Wildman–Crippen LogP) is 1.74. The Hall–Kier alpha value is -2.17. The van der Waals surface area contributed by atoms with Crippen LogP contribution < -0.4 is 5.43 Å². The normalized spacial score (nSPS) is 14.9. The number of aromatic nitrogens is 2. The van der Waals surface area contributed by atoms with Crippen LogP contribution in [0.25, 0.3) is 11.0 Å². The fraction of sp³-hybridized carbons (Fsp3) is 0.308. The Morgan fingerprint density at radius 3 is 2.83 bits per heavy atom. The fourth-order valence-electron chi connectivity index (χ4n) is 2.12. The summed E-state index contributed by atoms with van der Waals surface area (Å²) in [5, 5.41) is 9.48. The maximum Gasteiger partial charge on any atom is 0.341 e. The zero-order valence-electron chi connectivity index (χ0n) is 9.88. The van der Waals surface area contributed by atoms with Gasteiger partial charge in [-0.1, -0.05) is 0 Å². The summed E-state index contributed by atoms with van der Waals surface area (Å²) in [6.45, 7) is 1.83. The number of pyridine rings is 2. The number of hydrogen-bond acceptors (Lipinski definition) is 3. The second kappa shape index (κ2) is 3.66. The van der Waals surface area contributed by atoms with Crippen molar-refractivity contribution in [1.82, 2.24) is 9.55 Å². The Morgan fingerprint density at radius 1 is 1.50 bits per heavy atom. The van der Waals surface area contributed by atoms with E-state index >= 15 is 0 Å². The molecule has 0 aliphatic heterocycles. The predicted molar refractivity (Wildman–Crippen MR) is 66.0 cm³/mol. The molecule has 0 radical (unpaired) electrons. The van der Waals surface area contributed by atoms with Crippen molar-refractivity contribution >= 4 is 17.0 Å². The van der Waals surface area contributed by atoms with Gasteiger partial charge < -0.3 is 9.67 Å². The van der Waals surface area contributed by atoms with Crippen LogP contribution in [-0.2, 0) is 0 Å². The highest BCUT2D eigenvalue weighted by molar-refractivity contribution is 5.91. The van der Waals surface area contributed by atoms with E-state index in [2.05, 4.69) is 4.98 Å². The highest BCUT2D eigenvalue weighted by atomic mass is 16.4. The van der Waals surface area contributed by atoms with E-state index in [1.54, 1.807) is 12.3 Å². The van der Waals surface area contributed by atoms with Gasteiger partial charge >= 0.3 is 5.97 Å². The lowest BCUT2D eigenvalue weighted by atomic mass is 10.1. The van der Waals surface area contributed by atoms with Gasteiger partial charge in [-0.25, -0.2) is 9.78 Å². The topological polar surface area (TPSA) is 72.2 Å². The summed E-state index contributed by atoms with van der Waals surface area (Å²) in [5.74, 6) is -1.18. The lowest BCUT2D eigenvalue weighted by Gasteiger charge is -2.10. The van der Waals surface area contributed by atoms with E-state index in [1.165, 1.54) is 6.20 Å². The van der Waals surface area contributed by atoms with Crippen LogP contribution >= 0.6 is 0 Å². The zero-order chi connectivity index (χ0) is 12.9. The monoisotopic (exact) mass is 244 g/mol. The molecule has 1 aliphatic carbocycles. The van der Waals surface area contributed by atoms with E-state index in [0.717, 1.165) is 18.4 Å². The van der Waals surface area contributed by atoms with Crippen molar-refractivity contribution < 1.29 is 9.90 Å². The summed E-state index contributed by atoms with van der Waals surface area (Å²) >= 11 is 0. The molecule has 2 aromatic heterocycles. The lowest BCUT2D eigenvalue weighted by molar-refractivity contribution is 0.0695. The van der Waals surface area contributed by atoms with Crippen molar-refractivity contribution in [2.45, 2.75) is 25.8 Å². The molecule has 1 fully saturated rings. The van der Waals surface area contributed by atoms with Crippen molar-refractivity contribution in [3.8, 4) is 0 Å². The number of fused-ring (bicyclic) bond motifs is 1. The minimum atomic E-state index is -1.18. The summed E-state index contributed by atoms with van der Waals surface area (Å²) < 4.78 is 1.82. The minimum absolute atomic E-state index is 0.179. The molecule has 0 spiro atoms. The number of rotatable bonds is 2. The molecule has 1 N–H and O–H groups in total. The number of carboxylic acids is 1. The molecule has 0 saturated heterocycles. The van der Waals surface area contributed by atoms with E-state index in [-0.39, 0.29) is 11.6 Å². The van der Waals surface area contributed by atoms with Crippen LogP contribution in [0.15, 0.2) is 23.3 Å². The second-order valence-electron chi connectivity index (χ2n) is 4.70. The fourth-order valence-corrected chi connectivity index (χ4v) is 2.12. The number of hydrogen-bond donors (Lipinski definition) is 1. The van der Waals surface area contributed by atoms with Crippen molar-refractivity contribution in [2.24, 2.45) is 0 Å². The van der Waals surface area contributed by atoms with E-state index < -0.39 is 11.4 Å². The first-order chi connectivity index (χ1) is 8.58. The first-order valence-corrected chi connectivity index (χ1v) is 5.82. The molecular formula is C13H12N2O3. The first-order valence-electron chi connectivity index (χ1n) is 5.82. The largest absolute Gasteiger partial charge is 0.477 e. The highest BCUT2D eigenvalue weighted by Crippen LogP contribution is 2.36. The summed E-state index contributed by atoms with van der Waals surface area (Å²) in [6.07, 6.45) is 5.13. The molecule has 0 atom stereocenters. The van der Waals surface area contributed by atoms with Crippen molar-refractivity contribution in [2.75, 3.05) is 0 Å². The standard InChI is InChI=1S/C13H12N2O3/c1-7-4-9-11(16)10(13(17)18)6-15(8-2-3-8)12(9)14-5-7/h4-6,8H,2-3H2,1H3,(H,17,18). The van der Waals surface area contributed by atoms with Crippen LogP contribution in [-0.4, -0.2) is 20.6 Å². The van der Waals surface area contributed by atoms with E-state index in [9.17, 15) is 9.59 Å². The maximum atomic E-state index is 12.1. The number of aromatic carboxylic acids is 1. The molecule has 5 nitrogen and oxygen atoms in total. The SMILES string of the molecule is Cc1cnc2c(c1)c(=O)c(C(=O)O)cn2C1CC1. The van der Waals surface area contributed by atoms with E-state index in [0.29, 0.717) is 11.0 Å². The number of nitrogens with zero attached hydrogens (tertiary/aromatic N) is 2. The van der Waals surface area contributed by atoms with E-state index in [4.69, 9.17) is 5.11 Å². The van der Waals surface area contributed by atoms with Crippen molar-refractivity contribution in [3.05, 3.63) is 39.8 Å². The third kappa shape index (κ3) is 1.59. The van der Waals surface area contributed by atoms with Crippen LogP contribution in [0.5, 0.6) is 0 Å². The molecule has 5 heteroatoms. The van der Waals surface area contributed by atoms with Gasteiger partial charge in [-0.05, 0) is 31.4 Å². The Kier molecular flexibility index (Phi) is 2.23. The third-order valence-corrected chi connectivity index (χ3v) is 3.18. The molecule has 18 heavy (non-hydrogen) atoms. The first kappa shape index (κ1) is 11.0. The van der Waals surface area contributed by atoms with Gasteiger partial charge in [0.25, 0.3) is 0 Å². The molecule has 3 rings (SSSR count). The van der Waals surface area contributed by atoms with Crippen LogP contribution in [0, 0.1) is 6.92 Å². The van der Waals surface area contributed by atoms with E-state index in [1.807, 2.05) is 11.5 Å². The molecule has 0 aromatic carbocycles. The van der Waals surface area contributed by atoms with Gasteiger partial charge in [-0.2, -0.15) is 0 Å². The number of carboxylic acid groups (broad SMARTS) is 1. The van der Waals surface area contributed by atoms with Crippen LogP contribution in [0.4, 0.5) is 0 Å². The lowest BCUT2D eigenvalue weighted by Crippen LogP contribution is -2.19. The summed E-state index contributed by atoms with van der Waals surface area (Å²) in [7, 11) is 0. The molecule has 2 heterocycles. The van der Waals surface area contributed by atoms with Crippen LogP contribution in [0.3, 0.4) is 0 Å². The van der Waals surface area contributed by atoms with Crippen molar-refractivity contribution in [1.29, 1.82) is 0 Å². The molecular weight excluding hydrogens is 232 g/mol.